The minimum atomic E-state index is 0.775. The van der Waals surface area contributed by atoms with Crippen molar-refractivity contribution in [1.82, 2.24) is 9.88 Å². The molecule has 1 aliphatic rings. The smallest absolute Gasteiger partial charge is 0.0746 e. The van der Waals surface area contributed by atoms with Gasteiger partial charge in [-0.2, -0.15) is 0 Å². The average Bonchev–Trinajstić information content (AvgIpc) is 2.37. The summed E-state index contributed by atoms with van der Waals surface area (Å²) in [6.07, 6.45) is 5.98. The van der Waals surface area contributed by atoms with E-state index in [4.69, 9.17) is 0 Å². The number of halogens is 1. The fourth-order valence-electron chi connectivity index (χ4n) is 2.76. The molecule has 0 bridgehead atoms. The molecule has 1 heterocycles. The van der Waals surface area contributed by atoms with Gasteiger partial charge in [-0.15, -0.1) is 0 Å². The highest BCUT2D eigenvalue weighted by atomic mass is 79.9. The fraction of sp³-hybridized carbons (Fsp3) is 0.438. The number of fused-ring (bicyclic) bond motifs is 1. The van der Waals surface area contributed by atoms with Crippen molar-refractivity contribution in [2.24, 2.45) is 0 Å². The number of benzene rings is 1. The van der Waals surface area contributed by atoms with Gasteiger partial charge in [-0.25, -0.2) is 0 Å². The molecule has 0 radical (unpaired) electrons. The van der Waals surface area contributed by atoms with E-state index in [1.54, 1.807) is 0 Å². The van der Waals surface area contributed by atoms with E-state index in [9.17, 15) is 0 Å². The molecule has 0 amide bonds. The van der Waals surface area contributed by atoms with Gasteiger partial charge in [0.2, 0.25) is 0 Å². The van der Waals surface area contributed by atoms with E-state index >= 15 is 0 Å². The van der Waals surface area contributed by atoms with Crippen molar-refractivity contribution in [3.63, 3.8) is 0 Å². The quantitative estimate of drug-likeness (QED) is 0.775. The zero-order valence-corrected chi connectivity index (χ0v) is 12.6. The van der Waals surface area contributed by atoms with Crippen molar-refractivity contribution in [2.75, 3.05) is 11.9 Å². The second-order valence-electron chi connectivity index (χ2n) is 5.24. The average molecular weight is 319 g/mol. The number of rotatable bonds is 5. The third kappa shape index (κ3) is 2.82. The molecule has 2 nitrogen and oxygen atoms in total. The number of aromatic nitrogens is 1. The van der Waals surface area contributed by atoms with Gasteiger partial charge in [0.1, 0.15) is 0 Å². The second kappa shape index (κ2) is 6.02. The van der Waals surface area contributed by atoms with E-state index in [1.807, 2.05) is 12.3 Å². The van der Waals surface area contributed by atoms with Crippen LogP contribution in [0.2, 0.25) is 0 Å². The standard InChI is InChI=1S/C16H19BrN2/c17-9-11-19(15-7-2-8-15)12-14-5-1-4-13-6-3-10-18-16(13)14/h1,3-6,10,15H,2,7-9,11-12H2. The first-order valence-electron chi connectivity index (χ1n) is 7.01. The fourth-order valence-corrected chi connectivity index (χ4v) is 3.22. The van der Waals surface area contributed by atoms with Crippen molar-refractivity contribution >= 4 is 26.8 Å². The Morgan fingerprint density at radius 3 is 2.79 bits per heavy atom. The van der Waals surface area contributed by atoms with Gasteiger partial charge in [-0.05, 0) is 24.5 Å². The Balaban J connectivity index is 1.86. The molecular weight excluding hydrogens is 300 g/mol. The Morgan fingerprint density at radius 1 is 1.21 bits per heavy atom. The van der Waals surface area contributed by atoms with Crippen LogP contribution in [-0.2, 0) is 6.54 Å². The van der Waals surface area contributed by atoms with Crippen LogP contribution >= 0.6 is 15.9 Å². The molecule has 0 spiro atoms. The van der Waals surface area contributed by atoms with Gasteiger partial charge in [-0.3, -0.25) is 9.88 Å². The van der Waals surface area contributed by atoms with Crippen LogP contribution in [0.3, 0.4) is 0 Å². The Hall–Kier alpha value is -0.930. The second-order valence-corrected chi connectivity index (χ2v) is 6.03. The molecule has 0 N–H and O–H groups in total. The number of pyridine rings is 1. The molecule has 1 aliphatic carbocycles. The summed E-state index contributed by atoms with van der Waals surface area (Å²) in [5.74, 6) is 0. The lowest BCUT2D eigenvalue weighted by Crippen LogP contribution is -2.40. The van der Waals surface area contributed by atoms with E-state index in [1.165, 1.54) is 30.2 Å². The molecule has 19 heavy (non-hydrogen) atoms. The van der Waals surface area contributed by atoms with Gasteiger partial charge in [0, 0.05) is 36.0 Å². The summed E-state index contributed by atoms with van der Waals surface area (Å²) in [5.41, 5.74) is 2.51. The maximum Gasteiger partial charge on any atom is 0.0746 e. The van der Waals surface area contributed by atoms with Crippen LogP contribution in [-0.4, -0.2) is 27.8 Å². The molecule has 1 saturated carbocycles. The molecule has 0 saturated heterocycles. The van der Waals surface area contributed by atoms with Gasteiger partial charge in [0.05, 0.1) is 5.52 Å². The zero-order chi connectivity index (χ0) is 13.1. The monoisotopic (exact) mass is 318 g/mol. The molecule has 100 valence electrons. The van der Waals surface area contributed by atoms with Gasteiger partial charge in [0.25, 0.3) is 0 Å². The molecule has 3 heteroatoms. The first-order chi connectivity index (χ1) is 9.38. The van der Waals surface area contributed by atoms with Gasteiger partial charge >= 0.3 is 0 Å². The highest BCUT2D eigenvalue weighted by Gasteiger charge is 2.24. The SMILES string of the molecule is BrCCN(Cc1cccc2cccnc12)C1CCC1. The van der Waals surface area contributed by atoms with Gasteiger partial charge in [0.15, 0.2) is 0 Å². The van der Waals surface area contributed by atoms with Crippen LogP contribution in [0, 0.1) is 0 Å². The van der Waals surface area contributed by atoms with Crippen molar-refractivity contribution in [3.8, 4) is 0 Å². The number of para-hydroxylation sites is 1. The number of nitrogens with zero attached hydrogens (tertiary/aromatic N) is 2. The van der Waals surface area contributed by atoms with Crippen LogP contribution < -0.4 is 0 Å². The molecule has 0 atom stereocenters. The zero-order valence-electron chi connectivity index (χ0n) is 11.1. The lowest BCUT2D eigenvalue weighted by molar-refractivity contribution is 0.128. The minimum Gasteiger partial charge on any atom is -0.295 e. The van der Waals surface area contributed by atoms with Crippen molar-refractivity contribution in [2.45, 2.75) is 31.8 Å². The molecule has 1 aromatic heterocycles. The van der Waals surface area contributed by atoms with E-state index in [-0.39, 0.29) is 0 Å². The Kier molecular flexibility index (Phi) is 4.14. The first kappa shape index (κ1) is 13.1. The lowest BCUT2D eigenvalue weighted by Gasteiger charge is -2.37. The minimum absolute atomic E-state index is 0.775. The van der Waals surface area contributed by atoms with Crippen LogP contribution in [0.1, 0.15) is 24.8 Å². The maximum absolute atomic E-state index is 4.56. The highest BCUT2D eigenvalue weighted by Crippen LogP contribution is 2.27. The molecule has 2 aromatic rings. The third-order valence-corrected chi connectivity index (χ3v) is 4.41. The predicted octanol–water partition coefficient (Wildman–Crippen LogP) is 3.98. The third-order valence-electron chi connectivity index (χ3n) is 4.05. The van der Waals surface area contributed by atoms with Crippen molar-refractivity contribution in [1.29, 1.82) is 0 Å². The topological polar surface area (TPSA) is 16.1 Å². The molecule has 3 rings (SSSR count). The van der Waals surface area contributed by atoms with Gasteiger partial charge < -0.3 is 0 Å². The first-order valence-corrected chi connectivity index (χ1v) is 8.13. The van der Waals surface area contributed by atoms with Crippen LogP contribution in [0.4, 0.5) is 0 Å². The lowest BCUT2D eigenvalue weighted by atomic mass is 9.91. The van der Waals surface area contributed by atoms with Gasteiger partial charge in [-0.1, -0.05) is 46.6 Å². The number of hydrogen-bond acceptors (Lipinski definition) is 2. The molecule has 1 aromatic carbocycles. The van der Waals surface area contributed by atoms with Crippen LogP contribution in [0.25, 0.3) is 10.9 Å². The Morgan fingerprint density at radius 2 is 2.05 bits per heavy atom. The number of hydrogen-bond donors (Lipinski definition) is 0. The van der Waals surface area contributed by atoms with Crippen LogP contribution in [0.5, 0.6) is 0 Å². The summed E-state index contributed by atoms with van der Waals surface area (Å²) in [4.78, 5) is 7.16. The highest BCUT2D eigenvalue weighted by molar-refractivity contribution is 9.09. The normalized spacial score (nSPS) is 15.9. The van der Waals surface area contributed by atoms with E-state index in [2.05, 4.69) is 50.1 Å². The summed E-state index contributed by atoms with van der Waals surface area (Å²) in [6, 6.07) is 11.4. The maximum atomic E-state index is 4.56. The molecule has 0 unspecified atom stereocenters. The molecule has 0 aliphatic heterocycles. The van der Waals surface area contributed by atoms with E-state index in [0.29, 0.717) is 0 Å². The van der Waals surface area contributed by atoms with E-state index < -0.39 is 0 Å². The summed E-state index contributed by atoms with van der Waals surface area (Å²) in [7, 11) is 0. The number of alkyl halides is 1. The molecule has 1 fully saturated rings. The summed E-state index contributed by atoms with van der Waals surface area (Å²) < 4.78 is 0. The summed E-state index contributed by atoms with van der Waals surface area (Å²) >= 11 is 3.58. The van der Waals surface area contributed by atoms with E-state index in [0.717, 1.165) is 30.0 Å². The Bertz CT molecular complexity index is 546. The van der Waals surface area contributed by atoms with Crippen molar-refractivity contribution in [3.05, 3.63) is 42.1 Å². The predicted molar refractivity (Wildman–Crippen MR) is 83.6 cm³/mol. The largest absolute Gasteiger partial charge is 0.295 e. The molecular formula is C16H19BrN2. The van der Waals surface area contributed by atoms with Crippen molar-refractivity contribution < 1.29 is 0 Å². The summed E-state index contributed by atoms with van der Waals surface area (Å²) in [6.45, 7) is 2.14. The summed E-state index contributed by atoms with van der Waals surface area (Å²) in [5, 5.41) is 2.29. The Labute approximate surface area is 123 Å². The van der Waals surface area contributed by atoms with Crippen LogP contribution in [0.15, 0.2) is 36.5 Å².